The molecule has 10 heteroatoms. The highest BCUT2D eigenvalue weighted by molar-refractivity contribution is 7.92. The van der Waals surface area contributed by atoms with Gasteiger partial charge in [0.2, 0.25) is 0 Å². The second-order valence-electron chi connectivity index (χ2n) is 7.08. The third-order valence-corrected chi connectivity index (χ3v) is 6.38. The lowest BCUT2D eigenvalue weighted by Crippen LogP contribution is -2.15. The van der Waals surface area contributed by atoms with Crippen molar-refractivity contribution in [3.63, 3.8) is 0 Å². The van der Waals surface area contributed by atoms with E-state index in [9.17, 15) is 18.0 Å². The number of benzene rings is 3. The molecule has 172 valence electrons. The van der Waals surface area contributed by atoms with Gasteiger partial charge in [-0.05, 0) is 66.7 Å². The van der Waals surface area contributed by atoms with Crippen molar-refractivity contribution in [2.75, 3.05) is 15.4 Å². The van der Waals surface area contributed by atoms with Crippen LogP contribution in [0.25, 0.3) is 0 Å². The average molecular weight is 496 g/mol. The SMILES string of the molecule is O=C(Nc1cccc(NC(=O)c2ccco2)c1)c1ccc(S(=O)(=O)Nc2ccccc2Cl)cc1. The molecule has 0 aliphatic heterocycles. The van der Waals surface area contributed by atoms with E-state index in [0.717, 1.165) is 0 Å². The predicted octanol–water partition coefficient (Wildman–Crippen LogP) is 5.24. The van der Waals surface area contributed by atoms with Crippen LogP contribution in [0.3, 0.4) is 0 Å². The molecule has 0 unspecified atom stereocenters. The van der Waals surface area contributed by atoms with Crippen molar-refractivity contribution < 1.29 is 22.4 Å². The number of sulfonamides is 1. The van der Waals surface area contributed by atoms with Crippen LogP contribution < -0.4 is 15.4 Å². The zero-order valence-electron chi connectivity index (χ0n) is 17.5. The Balaban J connectivity index is 1.43. The predicted molar refractivity (Wildman–Crippen MR) is 130 cm³/mol. The fraction of sp³-hybridized carbons (Fsp3) is 0. The lowest BCUT2D eigenvalue weighted by Gasteiger charge is -2.11. The van der Waals surface area contributed by atoms with Gasteiger partial charge in [-0.2, -0.15) is 0 Å². The third-order valence-electron chi connectivity index (χ3n) is 4.67. The van der Waals surface area contributed by atoms with Crippen LogP contribution in [0, 0.1) is 0 Å². The number of rotatable bonds is 7. The molecule has 0 saturated heterocycles. The normalized spacial score (nSPS) is 11.0. The molecule has 8 nitrogen and oxygen atoms in total. The largest absolute Gasteiger partial charge is 0.459 e. The molecule has 0 aliphatic rings. The summed E-state index contributed by atoms with van der Waals surface area (Å²) in [7, 11) is -3.89. The van der Waals surface area contributed by atoms with Crippen LogP contribution in [-0.4, -0.2) is 20.2 Å². The molecule has 0 fully saturated rings. The molecule has 34 heavy (non-hydrogen) atoms. The summed E-state index contributed by atoms with van der Waals surface area (Å²) in [6.45, 7) is 0. The zero-order chi connectivity index (χ0) is 24.1. The molecule has 0 radical (unpaired) electrons. The molecule has 4 rings (SSSR count). The molecule has 0 aliphatic carbocycles. The van der Waals surface area contributed by atoms with Crippen LogP contribution in [-0.2, 0) is 10.0 Å². The Morgan fingerprint density at radius 3 is 2.09 bits per heavy atom. The Morgan fingerprint density at radius 1 is 0.765 bits per heavy atom. The number of para-hydroxylation sites is 1. The van der Waals surface area contributed by atoms with E-state index >= 15 is 0 Å². The van der Waals surface area contributed by atoms with Gasteiger partial charge in [-0.1, -0.05) is 29.8 Å². The fourth-order valence-corrected chi connectivity index (χ4v) is 4.33. The Bertz CT molecular complexity index is 1440. The van der Waals surface area contributed by atoms with Gasteiger partial charge in [0, 0.05) is 16.9 Å². The molecule has 0 saturated carbocycles. The van der Waals surface area contributed by atoms with Crippen molar-refractivity contribution in [3.05, 3.63) is 108 Å². The third kappa shape index (κ3) is 5.45. The second kappa shape index (κ2) is 9.82. The van der Waals surface area contributed by atoms with Crippen molar-refractivity contribution in [1.82, 2.24) is 0 Å². The van der Waals surface area contributed by atoms with Crippen molar-refractivity contribution >= 4 is 50.5 Å². The van der Waals surface area contributed by atoms with Gasteiger partial charge in [-0.15, -0.1) is 0 Å². The van der Waals surface area contributed by atoms with Gasteiger partial charge in [0.25, 0.3) is 21.8 Å². The summed E-state index contributed by atoms with van der Waals surface area (Å²) in [5.41, 5.74) is 1.41. The van der Waals surface area contributed by atoms with Crippen LogP contribution >= 0.6 is 11.6 Å². The molecule has 0 atom stereocenters. The van der Waals surface area contributed by atoms with Crippen molar-refractivity contribution in [1.29, 1.82) is 0 Å². The maximum Gasteiger partial charge on any atom is 0.291 e. The Kier molecular flexibility index (Phi) is 6.67. The van der Waals surface area contributed by atoms with Crippen LogP contribution in [0.4, 0.5) is 17.1 Å². The maximum absolute atomic E-state index is 12.6. The maximum atomic E-state index is 12.6. The van der Waals surface area contributed by atoms with Crippen LogP contribution in [0.15, 0.2) is 101 Å². The molecule has 0 spiro atoms. The summed E-state index contributed by atoms with van der Waals surface area (Å²) in [5.74, 6) is -0.707. The van der Waals surface area contributed by atoms with Gasteiger partial charge in [0.15, 0.2) is 5.76 Å². The average Bonchev–Trinajstić information content (AvgIpc) is 3.36. The minimum atomic E-state index is -3.89. The van der Waals surface area contributed by atoms with E-state index in [1.807, 2.05) is 0 Å². The van der Waals surface area contributed by atoms with E-state index in [1.54, 1.807) is 54.6 Å². The summed E-state index contributed by atoms with van der Waals surface area (Å²) in [6, 6.07) is 21.7. The number of anilines is 3. The van der Waals surface area contributed by atoms with Crippen LogP contribution in [0.2, 0.25) is 5.02 Å². The van der Waals surface area contributed by atoms with Crippen LogP contribution in [0.1, 0.15) is 20.9 Å². The Hall–Kier alpha value is -4.08. The van der Waals surface area contributed by atoms with Crippen LogP contribution in [0.5, 0.6) is 0 Å². The smallest absolute Gasteiger partial charge is 0.291 e. The highest BCUT2D eigenvalue weighted by atomic mass is 35.5. The second-order valence-corrected chi connectivity index (χ2v) is 9.17. The minimum Gasteiger partial charge on any atom is -0.459 e. The van der Waals surface area contributed by atoms with E-state index < -0.39 is 21.8 Å². The standard InChI is InChI=1S/C24H18ClN3O5S/c25-20-7-1-2-8-21(20)28-34(31,32)19-12-10-16(11-13-19)23(29)26-17-5-3-6-18(15-17)27-24(30)22-9-4-14-33-22/h1-15,28H,(H,26,29)(H,27,30). The summed E-state index contributed by atoms with van der Waals surface area (Å²) >= 11 is 6.02. The Morgan fingerprint density at radius 2 is 1.44 bits per heavy atom. The molecule has 1 aromatic heterocycles. The lowest BCUT2D eigenvalue weighted by molar-refractivity contribution is 0.0995. The van der Waals surface area contributed by atoms with Gasteiger partial charge in [-0.25, -0.2) is 8.42 Å². The first-order valence-corrected chi connectivity index (χ1v) is 11.8. The number of hydrogen-bond acceptors (Lipinski definition) is 5. The first kappa shape index (κ1) is 23.1. The van der Waals surface area contributed by atoms with E-state index in [1.165, 1.54) is 36.6 Å². The number of halogens is 1. The van der Waals surface area contributed by atoms with E-state index in [-0.39, 0.29) is 26.9 Å². The number of carbonyl (C=O) groups excluding carboxylic acids is 2. The number of carbonyl (C=O) groups is 2. The van der Waals surface area contributed by atoms with E-state index in [0.29, 0.717) is 11.4 Å². The fourth-order valence-electron chi connectivity index (χ4n) is 3.01. The van der Waals surface area contributed by atoms with Gasteiger partial charge in [-0.3, -0.25) is 14.3 Å². The molecular formula is C24H18ClN3O5S. The van der Waals surface area contributed by atoms with E-state index in [4.69, 9.17) is 16.0 Å². The molecule has 0 bridgehead atoms. The van der Waals surface area contributed by atoms with Gasteiger partial charge in [0.1, 0.15) is 0 Å². The summed E-state index contributed by atoms with van der Waals surface area (Å²) in [6.07, 6.45) is 1.40. The number of furan rings is 1. The van der Waals surface area contributed by atoms with Gasteiger partial charge in [0.05, 0.1) is 21.9 Å². The monoisotopic (exact) mass is 495 g/mol. The summed E-state index contributed by atoms with van der Waals surface area (Å²) < 4.78 is 32.7. The summed E-state index contributed by atoms with van der Waals surface area (Å²) in [4.78, 5) is 24.7. The highest BCUT2D eigenvalue weighted by Crippen LogP contribution is 2.24. The molecule has 4 aromatic rings. The number of amides is 2. The highest BCUT2D eigenvalue weighted by Gasteiger charge is 2.17. The van der Waals surface area contributed by atoms with Gasteiger partial charge >= 0.3 is 0 Å². The molecular weight excluding hydrogens is 478 g/mol. The quantitative estimate of drug-likeness (QED) is 0.324. The number of nitrogens with one attached hydrogen (secondary N) is 3. The van der Waals surface area contributed by atoms with Crippen molar-refractivity contribution in [2.45, 2.75) is 4.90 Å². The van der Waals surface area contributed by atoms with Gasteiger partial charge < -0.3 is 15.1 Å². The van der Waals surface area contributed by atoms with Crippen molar-refractivity contribution in [3.8, 4) is 0 Å². The van der Waals surface area contributed by atoms with E-state index in [2.05, 4.69) is 15.4 Å². The minimum absolute atomic E-state index is 0.0217. The molecule has 1 heterocycles. The number of hydrogen-bond donors (Lipinski definition) is 3. The Labute approximate surface area is 200 Å². The first-order valence-electron chi connectivity index (χ1n) is 9.95. The lowest BCUT2D eigenvalue weighted by atomic mass is 10.2. The zero-order valence-corrected chi connectivity index (χ0v) is 19.1. The molecule has 3 N–H and O–H groups in total. The first-order chi connectivity index (χ1) is 16.3. The molecule has 3 aromatic carbocycles. The topological polar surface area (TPSA) is 118 Å². The van der Waals surface area contributed by atoms with Crippen molar-refractivity contribution in [2.24, 2.45) is 0 Å². The summed E-state index contributed by atoms with van der Waals surface area (Å²) in [5, 5.41) is 5.66. The molecule has 2 amide bonds.